The summed E-state index contributed by atoms with van der Waals surface area (Å²) < 4.78 is 0. The van der Waals surface area contributed by atoms with Crippen LogP contribution in [0.5, 0.6) is 0 Å². The molecule has 0 fully saturated rings. The molecule has 0 atom stereocenters. The highest BCUT2D eigenvalue weighted by Gasteiger charge is 2.19. The number of carboxylic acids is 1. The fourth-order valence-corrected chi connectivity index (χ4v) is 2.52. The Balaban J connectivity index is 2.10. The van der Waals surface area contributed by atoms with Gasteiger partial charge >= 0.3 is 5.97 Å². The molecule has 1 heterocycles. The highest BCUT2D eigenvalue weighted by molar-refractivity contribution is 6.30. The third-order valence-electron chi connectivity index (χ3n) is 3.33. The first-order valence-corrected chi connectivity index (χ1v) is 6.57. The van der Waals surface area contributed by atoms with Crippen molar-refractivity contribution < 1.29 is 9.90 Å². The molecule has 0 spiro atoms. The summed E-state index contributed by atoms with van der Waals surface area (Å²) in [6.45, 7) is 1.87. The zero-order valence-electron chi connectivity index (χ0n) is 10.9. The number of nitrogens with zero attached hydrogens (tertiary/aromatic N) is 1. The van der Waals surface area contributed by atoms with Gasteiger partial charge in [0, 0.05) is 24.7 Å². The minimum atomic E-state index is -1.16. The maximum Gasteiger partial charge on any atom is 0.355 e. The van der Waals surface area contributed by atoms with Gasteiger partial charge in [-0.05, 0) is 29.7 Å². The van der Waals surface area contributed by atoms with Gasteiger partial charge in [0.05, 0.1) is 5.70 Å². The van der Waals surface area contributed by atoms with Crippen molar-refractivity contribution in [3.05, 3.63) is 45.7 Å². The van der Waals surface area contributed by atoms with Gasteiger partial charge in [-0.3, -0.25) is 10.7 Å². The van der Waals surface area contributed by atoms with Gasteiger partial charge < -0.3 is 16.3 Å². The molecule has 0 radical (unpaired) electrons. The van der Waals surface area contributed by atoms with E-state index in [0.717, 1.165) is 18.0 Å². The van der Waals surface area contributed by atoms with Crippen molar-refractivity contribution in [1.82, 2.24) is 10.3 Å². The van der Waals surface area contributed by atoms with Crippen molar-refractivity contribution >= 4 is 17.6 Å². The van der Waals surface area contributed by atoms with Crippen LogP contribution in [0.25, 0.3) is 0 Å². The summed E-state index contributed by atoms with van der Waals surface area (Å²) >= 11 is 5.96. The van der Waals surface area contributed by atoms with Gasteiger partial charge in [0.2, 0.25) is 0 Å². The van der Waals surface area contributed by atoms with Crippen molar-refractivity contribution in [2.45, 2.75) is 13.0 Å². The molecule has 1 aromatic rings. The SMILES string of the molecule is NN/C(C(=O)O)=C(\N)CN1CCc2cc(Cl)ccc2C1. The van der Waals surface area contributed by atoms with E-state index in [9.17, 15) is 4.79 Å². The van der Waals surface area contributed by atoms with Crippen LogP contribution in [0.3, 0.4) is 0 Å². The molecule has 0 aliphatic carbocycles. The number of hydrogen-bond acceptors (Lipinski definition) is 5. The Morgan fingerprint density at radius 2 is 2.20 bits per heavy atom. The molecule has 2 rings (SSSR count). The molecule has 0 bridgehead atoms. The average molecular weight is 297 g/mol. The quantitative estimate of drug-likeness (QED) is 0.365. The fraction of sp³-hybridized carbons (Fsp3) is 0.308. The van der Waals surface area contributed by atoms with Crippen LogP contribution >= 0.6 is 11.6 Å². The Hall–Kier alpha value is -1.76. The zero-order chi connectivity index (χ0) is 14.7. The molecule has 1 aliphatic rings. The molecule has 0 saturated carbocycles. The molecule has 20 heavy (non-hydrogen) atoms. The Labute approximate surface area is 122 Å². The summed E-state index contributed by atoms with van der Waals surface area (Å²) in [5.41, 5.74) is 10.4. The van der Waals surface area contributed by atoms with Crippen LogP contribution in [0, 0.1) is 0 Å². The smallest absolute Gasteiger partial charge is 0.355 e. The van der Waals surface area contributed by atoms with Gasteiger partial charge in [-0.15, -0.1) is 0 Å². The van der Waals surface area contributed by atoms with E-state index in [2.05, 4.69) is 10.3 Å². The number of hydrogen-bond donors (Lipinski definition) is 4. The van der Waals surface area contributed by atoms with Crippen molar-refractivity contribution in [3.8, 4) is 0 Å². The lowest BCUT2D eigenvalue weighted by atomic mass is 10.00. The number of nitrogens with two attached hydrogens (primary N) is 2. The van der Waals surface area contributed by atoms with E-state index in [-0.39, 0.29) is 11.4 Å². The Bertz CT molecular complexity index is 559. The van der Waals surface area contributed by atoms with Crippen LogP contribution in [0.15, 0.2) is 29.6 Å². The molecule has 1 aliphatic heterocycles. The van der Waals surface area contributed by atoms with Crippen LogP contribution in [-0.4, -0.2) is 29.1 Å². The lowest BCUT2D eigenvalue weighted by Gasteiger charge is -2.29. The van der Waals surface area contributed by atoms with E-state index in [0.29, 0.717) is 13.1 Å². The number of rotatable bonds is 4. The summed E-state index contributed by atoms with van der Waals surface area (Å²) in [4.78, 5) is 13.0. The normalized spacial score (nSPS) is 16.3. The van der Waals surface area contributed by atoms with E-state index in [1.54, 1.807) is 0 Å². The summed E-state index contributed by atoms with van der Waals surface area (Å²) in [7, 11) is 0. The molecule has 7 heteroatoms. The Morgan fingerprint density at radius 1 is 1.45 bits per heavy atom. The summed E-state index contributed by atoms with van der Waals surface area (Å²) in [5.74, 6) is 4.01. The minimum absolute atomic E-state index is 0.160. The first-order chi connectivity index (χ1) is 9.51. The number of halogens is 1. The molecule has 6 N–H and O–H groups in total. The predicted octanol–water partition coefficient (Wildman–Crippen LogP) is 0.416. The van der Waals surface area contributed by atoms with Crippen molar-refractivity contribution in [2.75, 3.05) is 13.1 Å². The van der Waals surface area contributed by atoms with E-state index in [1.807, 2.05) is 18.2 Å². The van der Waals surface area contributed by atoms with Crippen LogP contribution in [0.2, 0.25) is 5.02 Å². The molecular formula is C13H17ClN4O2. The number of carbonyl (C=O) groups is 1. The molecule has 0 saturated heterocycles. The van der Waals surface area contributed by atoms with Crippen LogP contribution < -0.4 is 17.0 Å². The van der Waals surface area contributed by atoms with Gasteiger partial charge in [0.15, 0.2) is 5.70 Å². The highest BCUT2D eigenvalue weighted by Crippen LogP contribution is 2.22. The van der Waals surface area contributed by atoms with Gasteiger partial charge in [-0.1, -0.05) is 17.7 Å². The molecule has 0 amide bonds. The molecule has 6 nitrogen and oxygen atoms in total. The first kappa shape index (κ1) is 14.6. The van der Waals surface area contributed by atoms with Gasteiger partial charge in [0.25, 0.3) is 0 Å². The Morgan fingerprint density at radius 3 is 2.85 bits per heavy atom. The lowest BCUT2D eigenvalue weighted by molar-refractivity contribution is -0.133. The Kier molecular flexibility index (Phi) is 4.49. The van der Waals surface area contributed by atoms with Crippen LogP contribution in [0.1, 0.15) is 11.1 Å². The molecule has 1 aromatic carbocycles. The molecule has 108 valence electrons. The van der Waals surface area contributed by atoms with Gasteiger partial charge in [-0.25, -0.2) is 4.79 Å². The van der Waals surface area contributed by atoms with E-state index < -0.39 is 5.97 Å². The maximum atomic E-state index is 10.9. The van der Waals surface area contributed by atoms with Crippen molar-refractivity contribution in [3.63, 3.8) is 0 Å². The minimum Gasteiger partial charge on any atom is -0.476 e. The molecule has 0 aromatic heterocycles. The van der Waals surface area contributed by atoms with Crippen molar-refractivity contribution in [1.29, 1.82) is 0 Å². The first-order valence-electron chi connectivity index (χ1n) is 6.19. The topological polar surface area (TPSA) is 105 Å². The number of fused-ring (bicyclic) bond motifs is 1. The number of carboxylic acid groups (broad SMARTS) is 1. The van der Waals surface area contributed by atoms with E-state index in [1.165, 1.54) is 11.1 Å². The molecular weight excluding hydrogens is 280 g/mol. The molecule has 0 unspecified atom stereocenters. The maximum absolute atomic E-state index is 10.9. The third-order valence-corrected chi connectivity index (χ3v) is 3.57. The monoisotopic (exact) mass is 296 g/mol. The number of aliphatic carboxylic acids is 1. The summed E-state index contributed by atoms with van der Waals surface area (Å²) in [6.07, 6.45) is 0.863. The zero-order valence-corrected chi connectivity index (χ0v) is 11.7. The third kappa shape index (κ3) is 3.22. The van der Waals surface area contributed by atoms with Crippen LogP contribution in [0.4, 0.5) is 0 Å². The fourth-order valence-electron chi connectivity index (χ4n) is 2.33. The number of nitrogens with one attached hydrogen (secondary N) is 1. The second kappa shape index (κ2) is 6.13. The number of hydrazine groups is 1. The van der Waals surface area contributed by atoms with Gasteiger partial charge in [0.1, 0.15) is 0 Å². The van der Waals surface area contributed by atoms with E-state index in [4.69, 9.17) is 28.3 Å². The highest BCUT2D eigenvalue weighted by atomic mass is 35.5. The largest absolute Gasteiger partial charge is 0.476 e. The standard InChI is InChI=1S/C13H17ClN4O2/c14-10-2-1-9-6-18(4-3-8(9)5-10)7-11(15)12(17-16)13(19)20/h1-2,5,17H,3-4,6-7,15-16H2,(H,19,20)/b12-11-. The predicted molar refractivity (Wildman–Crippen MR) is 76.6 cm³/mol. The second-order valence-electron chi connectivity index (χ2n) is 4.72. The van der Waals surface area contributed by atoms with Crippen molar-refractivity contribution in [2.24, 2.45) is 11.6 Å². The average Bonchev–Trinajstić information content (AvgIpc) is 2.39. The summed E-state index contributed by atoms with van der Waals surface area (Å²) in [5, 5.41) is 9.68. The van der Waals surface area contributed by atoms with Crippen LogP contribution in [-0.2, 0) is 17.8 Å². The van der Waals surface area contributed by atoms with E-state index >= 15 is 0 Å². The number of benzene rings is 1. The van der Waals surface area contributed by atoms with Gasteiger partial charge in [-0.2, -0.15) is 0 Å². The summed E-state index contributed by atoms with van der Waals surface area (Å²) in [6, 6.07) is 5.81. The lowest BCUT2D eigenvalue weighted by Crippen LogP contribution is -2.37. The second-order valence-corrected chi connectivity index (χ2v) is 5.16.